The number of hydrogen-bond donors (Lipinski definition) is 1. The standard InChI is InChI=1S/C14H21FN2O2S/c1-11-3-2-7-17(8-6-11)20(18,19)14-5-4-12(10-16)9-13(14)15/h4-5,9,11H,2-3,6-8,10,16H2,1H3. The number of nitrogens with zero attached hydrogens (tertiary/aromatic N) is 1. The lowest BCUT2D eigenvalue weighted by molar-refractivity contribution is 0.413. The zero-order valence-electron chi connectivity index (χ0n) is 11.7. The second-order valence-electron chi connectivity index (χ2n) is 5.41. The van der Waals surface area contributed by atoms with E-state index in [4.69, 9.17) is 5.73 Å². The Hall–Kier alpha value is -0.980. The summed E-state index contributed by atoms with van der Waals surface area (Å²) in [6.45, 7) is 3.23. The van der Waals surface area contributed by atoms with E-state index in [9.17, 15) is 12.8 Å². The van der Waals surface area contributed by atoms with Crippen LogP contribution in [0.3, 0.4) is 0 Å². The normalized spacial score (nSPS) is 21.6. The summed E-state index contributed by atoms with van der Waals surface area (Å²) in [5, 5.41) is 0. The van der Waals surface area contributed by atoms with Gasteiger partial charge in [0.25, 0.3) is 0 Å². The molecule has 1 aromatic carbocycles. The zero-order chi connectivity index (χ0) is 14.8. The van der Waals surface area contributed by atoms with Gasteiger partial charge in [0.05, 0.1) is 0 Å². The highest BCUT2D eigenvalue weighted by Crippen LogP contribution is 2.25. The van der Waals surface area contributed by atoms with Crippen LogP contribution in [0.4, 0.5) is 4.39 Å². The van der Waals surface area contributed by atoms with Crippen LogP contribution in [0.25, 0.3) is 0 Å². The van der Waals surface area contributed by atoms with Gasteiger partial charge in [0, 0.05) is 19.6 Å². The summed E-state index contributed by atoms with van der Waals surface area (Å²) in [5.74, 6) is -0.204. The minimum atomic E-state index is -3.75. The van der Waals surface area contributed by atoms with Gasteiger partial charge in [-0.3, -0.25) is 0 Å². The molecule has 1 saturated heterocycles. The Morgan fingerprint density at radius 1 is 1.35 bits per heavy atom. The number of halogens is 1. The van der Waals surface area contributed by atoms with E-state index < -0.39 is 15.8 Å². The van der Waals surface area contributed by atoms with Crippen molar-refractivity contribution in [1.82, 2.24) is 4.31 Å². The first-order valence-corrected chi connectivity index (χ1v) is 8.38. The van der Waals surface area contributed by atoms with Crippen LogP contribution in [0.2, 0.25) is 0 Å². The SMILES string of the molecule is CC1CCCN(S(=O)(=O)c2ccc(CN)cc2F)CC1. The zero-order valence-corrected chi connectivity index (χ0v) is 12.5. The van der Waals surface area contributed by atoms with Crippen LogP contribution in [0.5, 0.6) is 0 Å². The molecule has 1 atom stereocenters. The second-order valence-corrected chi connectivity index (χ2v) is 7.32. The van der Waals surface area contributed by atoms with Crippen LogP contribution < -0.4 is 5.73 Å². The molecule has 1 unspecified atom stereocenters. The van der Waals surface area contributed by atoms with Crippen molar-refractivity contribution < 1.29 is 12.8 Å². The summed E-state index contributed by atoms with van der Waals surface area (Å²) in [6, 6.07) is 4.09. The summed E-state index contributed by atoms with van der Waals surface area (Å²) >= 11 is 0. The van der Waals surface area contributed by atoms with E-state index in [-0.39, 0.29) is 11.4 Å². The Morgan fingerprint density at radius 3 is 2.75 bits per heavy atom. The van der Waals surface area contributed by atoms with Gasteiger partial charge in [-0.2, -0.15) is 4.31 Å². The molecular formula is C14H21FN2O2S. The minimum Gasteiger partial charge on any atom is -0.326 e. The van der Waals surface area contributed by atoms with Crippen LogP contribution in [0, 0.1) is 11.7 Å². The van der Waals surface area contributed by atoms with Gasteiger partial charge >= 0.3 is 0 Å². The molecule has 2 N–H and O–H groups in total. The topological polar surface area (TPSA) is 63.4 Å². The monoisotopic (exact) mass is 300 g/mol. The first-order chi connectivity index (χ1) is 9.45. The van der Waals surface area contributed by atoms with Crippen molar-refractivity contribution in [3.8, 4) is 0 Å². The number of benzene rings is 1. The highest BCUT2D eigenvalue weighted by molar-refractivity contribution is 7.89. The van der Waals surface area contributed by atoms with E-state index >= 15 is 0 Å². The predicted octanol–water partition coefficient (Wildman–Crippen LogP) is 2.10. The van der Waals surface area contributed by atoms with Crippen LogP contribution in [-0.4, -0.2) is 25.8 Å². The third-order valence-corrected chi connectivity index (χ3v) is 5.76. The quantitative estimate of drug-likeness (QED) is 0.929. The van der Waals surface area contributed by atoms with Gasteiger partial charge in [-0.1, -0.05) is 13.0 Å². The fourth-order valence-electron chi connectivity index (χ4n) is 2.50. The van der Waals surface area contributed by atoms with Gasteiger partial charge in [0.2, 0.25) is 10.0 Å². The number of hydrogen-bond acceptors (Lipinski definition) is 3. The molecule has 0 amide bonds. The van der Waals surface area contributed by atoms with Crippen molar-refractivity contribution in [2.75, 3.05) is 13.1 Å². The van der Waals surface area contributed by atoms with Gasteiger partial charge in [-0.25, -0.2) is 12.8 Å². The Balaban J connectivity index is 2.30. The lowest BCUT2D eigenvalue weighted by Crippen LogP contribution is -2.32. The summed E-state index contributed by atoms with van der Waals surface area (Å²) < 4.78 is 40.4. The van der Waals surface area contributed by atoms with E-state index in [1.165, 1.54) is 16.4 Å². The van der Waals surface area contributed by atoms with Crippen molar-refractivity contribution in [3.63, 3.8) is 0 Å². The molecule has 1 fully saturated rings. The molecule has 1 aliphatic heterocycles. The van der Waals surface area contributed by atoms with Crippen molar-refractivity contribution in [1.29, 1.82) is 0 Å². The second kappa shape index (κ2) is 6.20. The van der Waals surface area contributed by atoms with E-state index in [2.05, 4.69) is 6.92 Å². The molecule has 0 spiro atoms. The summed E-state index contributed by atoms with van der Waals surface area (Å²) in [6.07, 6.45) is 2.66. The van der Waals surface area contributed by atoms with Crippen LogP contribution in [0.15, 0.2) is 23.1 Å². The maximum atomic E-state index is 14.0. The molecule has 1 aromatic rings. The Labute approximate surface area is 119 Å². The molecule has 0 radical (unpaired) electrons. The van der Waals surface area contributed by atoms with Gasteiger partial charge in [-0.15, -0.1) is 0 Å². The molecule has 0 bridgehead atoms. The van der Waals surface area contributed by atoms with Gasteiger partial charge in [0.15, 0.2) is 0 Å². The average Bonchev–Trinajstić information content (AvgIpc) is 2.63. The smallest absolute Gasteiger partial charge is 0.245 e. The average molecular weight is 300 g/mol. The van der Waals surface area contributed by atoms with E-state index in [0.29, 0.717) is 24.6 Å². The molecule has 0 saturated carbocycles. The summed E-state index contributed by atoms with van der Waals surface area (Å²) in [4.78, 5) is -0.246. The lowest BCUT2D eigenvalue weighted by Gasteiger charge is -2.20. The van der Waals surface area contributed by atoms with Crippen LogP contribution >= 0.6 is 0 Å². The van der Waals surface area contributed by atoms with E-state index in [0.717, 1.165) is 19.3 Å². The summed E-state index contributed by atoms with van der Waals surface area (Å²) in [5.41, 5.74) is 6.02. The highest BCUT2D eigenvalue weighted by atomic mass is 32.2. The van der Waals surface area contributed by atoms with Crippen molar-refractivity contribution in [3.05, 3.63) is 29.6 Å². The van der Waals surface area contributed by atoms with Crippen molar-refractivity contribution in [2.45, 2.75) is 37.6 Å². The van der Waals surface area contributed by atoms with Crippen molar-refractivity contribution in [2.24, 2.45) is 11.7 Å². The molecule has 112 valence electrons. The Kier molecular flexibility index (Phi) is 4.78. The molecule has 1 heterocycles. The number of nitrogens with two attached hydrogens (primary N) is 1. The Bertz CT molecular complexity index is 575. The molecule has 1 aliphatic rings. The predicted molar refractivity (Wildman–Crippen MR) is 76.1 cm³/mol. The largest absolute Gasteiger partial charge is 0.326 e. The highest BCUT2D eigenvalue weighted by Gasteiger charge is 2.29. The summed E-state index contributed by atoms with van der Waals surface area (Å²) in [7, 11) is -3.75. The fourth-order valence-corrected chi connectivity index (χ4v) is 4.04. The third kappa shape index (κ3) is 3.19. The number of rotatable bonds is 3. The third-order valence-electron chi connectivity index (χ3n) is 3.83. The van der Waals surface area contributed by atoms with Crippen molar-refractivity contribution >= 4 is 10.0 Å². The first-order valence-electron chi connectivity index (χ1n) is 6.94. The molecule has 2 rings (SSSR count). The van der Waals surface area contributed by atoms with Gasteiger partial charge in [-0.05, 0) is 42.9 Å². The van der Waals surface area contributed by atoms with Gasteiger partial charge < -0.3 is 5.73 Å². The molecule has 20 heavy (non-hydrogen) atoms. The maximum Gasteiger partial charge on any atom is 0.245 e. The molecule has 0 aromatic heterocycles. The Morgan fingerprint density at radius 2 is 2.10 bits per heavy atom. The van der Waals surface area contributed by atoms with E-state index in [1.54, 1.807) is 6.07 Å². The molecular weight excluding hydrogens is 279 g/mol. The molecule has 4 nitrogen and oxygen atoms in total. The molecule has 6 heteroatoms. The van der Waals surface area contributed by atoms with E-state index in [1.807, 2.05) is 0 Å². The van der Waals surface area contributed by atoms with Crippen LogP contribution in [0.1, 0.15) is 31.7 Å². The van der Waals surface area contributed by atoms with Crippen LogP contribution in [-0.2, 0) is 16.6 Å². The van der Waals surface area contributed by atoms with Gasteiger partial charge in [0.1, 0.15) is 10.7 Å². The fraction of sp³-hybridized carbons (Fsp3) is 0.571. The first kappa shape index (κ1) is 15.4. The number of sulfonamides is 1. The molecule has 0 aliphatic carbocycles. The minimum absolute atomic E-state index is 0.193. The maximum absolute atomic E-state index is 14.0. The lowest BCUT2D eigenvalue weighted by atomic mass is 10.0.